The van der Waals surface area contributed by atoms with Gasteiger partial charge in [0, 0.05) is 39.3 Å². The lowest BCUT2D eigenvalue weighted by atomic mass is 9.96. The van der Waals surface area contributed by atoms with Crippen molar-refractivity contribution >= 4 is 57.5 Å². The van der Waals surface area contributed by atoms with Crippen molar-refractivity contribution in [1.29, 1.82) is 0 Å². The summed E-state index contributed by atoms with van der Waals surface area (Å²) in [5, 5.41) is 2.29. The van der Waals surface area contributed by atoms with Crippen LogP contribution in [-0.4, -0.2) is 21.7 Å². The monoisotopic (exact) mass is 601 g/mol. The van der Waals surface area contributed by atoms with Crippen LogP contribution >= 0.6 is 34.5 Å². The third-order valence-corrected chi connectivity index (χ3v) is 8.56. The molecule has 41 heavy (non-hydrogen) atoms. The zero-order valence-corrected chi connectivity index (χ0v) is 24.6. The molecule has 0 spiro atoms. The van der Waals surface area contributed by atoms with Crippen LogP contribution in [-0.2, 0) is 16.1 Å². The Morgan fingerprint density at radius 2 is 1.71 bits per heavy atom. The topological polar surface area (TPSA) is 65.6 Å². The summed E-state index contributed by atoms with van der Waals surface area (Å²) < 4.78 is 9.66. The molecule has 0 fully saturated rings. The largest absolute Gasteiger partial charge is 0.463 e. The molecule has 0 amide bonds. The van der Waals surface area contributed by atoms with Crippen LogP contribution < -0.4 is 14.9 Å². The number of fused-ring (bicyclic) bond motifs is 2. The number of hydrogen-bond donors (Lipinski definition) is 0. The Morgan fingerprint density at radius 3 is 2.41 bits per heavy atom. The fourth-order valence-corrected chi connectivity index (χ4v) is 6.49. The standard InChI is InChI=1S/C32H25Cl2N3O3S/c1-3-40-31(39)28-19(2)35-32-37(29(28)21-10-14-24(34)15-11-21)30(38)27(41-32)16-22-18-36(26-7-5-4-6-25(22)26)17-20-8-12-23(33)13-9-20/h4-16,18,29H,3,17H2,1-2H3/b27-16-/t29-/m0/s1. The SMILES string of the molecule is CCOC(=O)C1=C(C)N=c2s/c(=C\c3cn(Cc4ccc(Cl)cc4)c4ccccc34)c(=O)n2[C@H]1c1ccc(Cl)cc1. The van der Waals surface area contributed by atoms with Crippen LogP contribution in [0.4, 0.5) is 0 Å². The highest BCUT2D eigenvalue weighted by atomic mass is 35.5. The number of aromatic nitrogens is 2. The average molecular weight is 603 g/mol. The third-order valence-electron chi connectivity index (χ3n) is 7.07. The molecule has 1 aliphatic rings. The summed E-state index contributed by atoms with van der Waals surface area (Å²) in [4.78, 5) is 32.3. The molecule has 0 radical (unpaired) electrons. The maximum absolute atomic E-state index is 14.0. The van der Waals surface area contributed by atoms with Crippen molar-refractivity contribution in [3.8, 4) is 0 Å². The van der Waals surface area contributed by atoms with E-state index in [1.165, 1.54) is 11.3 Å². The Hall–Kier alpha value is -3.91. The number of allylic oxidation sites excluding steroid dienone is 1. The molecule has 6 rings (SSSR count). The predicted molar refractivity (Wildman–Crippen MR) is 164 cm³/mol. The molecule has 5 aromatic rings. The molecule has 0 N–H and O–H groups in total. The van der Waals surface area contributed by atoms with Crippen LogP contribution in [0.2, 0.25) is 10.0 Å². The van der Waals surface area contributed by atoms with E-state index in [4.69, 9.17) is 27.9 Å². The van der Waals surface area contributed by atoms with Gasteiger partial charge < -0.3 is 9.30 Å². The van der Waals surface area contributed by atoms with Crippen molar-refractivity contribution in [2.75, 3.05) is 6.61 Å². The van der Waals surface area contributed by atoms with Gasteiger partial charge in [-0.1, -0.05) is 77.0 Å². The first-order valence-electron chi connectivity index (χ1n) is 13.1. The average Bonchev–Trinajstić information content (AvgIpc) is 3.46. The van der Waals surface area contributed by atoms with Crippen LogP contribution in [0.25, 0.3) is 17.0 Å². The molecule has 3 heterocycles. The minimum Gasteiger partial charge on any atom is -0.463 e. The smallest absolute Gasteiger partial charge is 0.338 e. The second kappa shape index (κ2) is 11.2. The van der Waals surface area contributed by atoms with Gasteiger partial charge in [-0.05, 0) is 61.4 Å². The van der Waals surface area contributed by atoms with Gasteiger partial charge in [-0.3, -0.25) is 9.36 Å². The molecule has 9 heteroatoms. The molecule has 0 unspecified atom stereocenters. The van der Waals surface area contributed by atoms with Gasteiger partial charge in [-0.15, -0.1) is 0 Å². The molecule has 6 nitrogen and oxygen atoms in total. The fourth-order valence-electron chi connectivity index (χ4n) is 5.20. The van der Waals surface area contributed by atoms with E-state index in [0.29, 0.717) is 37.2 Å². The predicted octanol–water partition coefficient (Wildman–Crippen LogP) is 6.11. The number of nitrogens with zero attached hydrogens (tertiary/aromatic N) is 3. The summed E-state index contributed by atoms with van der Waals surface area (Å²) in [7, 11) is 0. The van der Waals surface area contributed by atoms with Crippen LogP contribution in [0.15, 0.2) is 100 Å². The van der Waals surface area contributed by atoms with E-state index in [1.54, 1.807) is 30.5 Å². The number of ether oxygens (including phenoxy) is 1. The number of hydrogen-bond acceptors (Lipinski definition) is 5. The Bertz CT molecular complexity index is 2000. The van der Waals surface area contributed by atoms with Crippen molar-refractivity contribution in [1.82, 2.24) is 9.13 Å². The van der Waals surface area contributed by atoms with E-state index in [2.05, 4.69) is 27.9 Å². The van der Waals surface area contributed by atoms with E-state index in [1.807, 2.05) is 54.6 Å². The molecular weight excluding hydrogens is 577 g/mol. The maximum Gasteiger partial charge on any atom is 0.338 e. The number of benzene rings is 3. The van der Waals surface area contributed by atoms with Crippen LogP contribution in [0.1, 0.15) is 36.6 Å². The normalized spacial score (nSPS) is 15.2. The van der Waals surface area contributed by atoms with Crippen LogP contribution in [0.3, 0.4) is 0 Å². The zero-order valence-electron chi connectivity index (χ0n) is 22.3. The second-order valence-electron chi connectivity index (χ2n) is 9.71. The molecule has 0 aliphatic carbocycles. The van der Waals surface area contributed by atoms with Crippen LogP contribution in [0, 0.1) is 0 Å². The summed E-state index contributed by atoms with van der Waals surface area (Å²) in [5.41, 5.74) is 4.48. The van der Waals surface area contributed by atoms with Crippen molar-refractivity contribution < 1.29 is 9.53 Å². The van der Waals surface area contributed by atoms with Gasteiger partial charge in [0.15, 0.2) is 4.80 Å². The minimum atomic E-state index is -0.684. The quantitative estimate of drug-likeness (QED) is 0.221. The number of halogens is 2. The minimum absolute atomic E-state index is 0.216. The molecule has 206 valence electrons. The fraction of sp³-hybridized carbons (Fsp3) is 0.156. The molecule has 1 aliphatic heterocycles. The van der Waals surface area contributed by atoms with Gasteiger partial charge in [0.2, 0.25) is 0 Å². The Morgan fingerprint density at radius 1 is 1.02 bits per heavy atom. The highest BCUT2D eigenvalue weighted by Gasteiger charge is 2.33. The lowest BCUT2D eigenvalue weighted by Gasteiger charge is -2.24. The lowest BCUT2D eigenvalue weighted by molar-refractivity contribution is -0.139. The Balaban J connectivity index is 1.51. The van der Waals surface area contributed by atoms with Gasteiger partial charge in [0.1, 0.15) is 0 Å². The highest BCUT2D eigenvalue weighted by molar-refractivity contribution is 7.07. The summed E-state index contributed by atoms with van der Waals surface area (Å²) >= 11 is 13.5. The Kier molecular flexibility index (Phi) is 7.43. The van der Waals surface area contributed by atoms with E-state index >= 15 is 0 Å². The summed E-state index contributed by atoms with van der Waals surface area (Å²) in [6, 6.07) is 22.4. The first-order valence-corrected chi connectivity index (χ1v) is 14.7. The van der Waals surface area contributed by atoms with Gasteiger partial charge in [0.05, 0.1) is 28.5 Å². The number of esters is 1. The number of thiazole rings is 1. The highest BCUT2D eigenvalue weighted by Crippen LogP contribution is 2.31. The van der Waals surface area contributed by atoms with Crippen molar-refractivity contribution in [3.05, 3.63) is 137 Å². The summed E-state index contributed by atoms with van der Waals surface area (Å²) in [6.45, 7) is 4.40. The van der Waals surface area contributed by atoms with Gasteiger partial charge in [-0.25, -0.2) is 9.79 Å². The molecule has 1 atom stereocenters. The molecule has 3 aromatic carbocycles. The van der Waals surface area contributed by atoms with Crippen LogP contribution in [0.5, 0.6) is 0 Å². The van der Waals surface area contributed by atoms with Gasteiger partial charge >= 0.3 is 5.97 Å². The maximum atomic E-state index is 14.0. The summed E-state index contributed by atoms with van der Waals surface area (Å²) in [6.07, 6.45) is 3.97. The molecule has 0 bridgehead atoms. The number of para-hydroxylation sites is 1. The number of rotatable bonds is 6. The molecule has 0 saturated heterocycles. The van der Waals surface area contributed by atoms with E-state index < -0.39 is 12.0 Å². The third kappa shape index (κ3) is 5.17. The van der Waals surface area contributed by atoms with Gasteiger partial charge in [0.25, 0.3) is 5.56 Å². The van der Waals surface area contributed by atoms with E-state index in [9.17, 15) is 9.59 Å². The van der Waals surface area contributed by atoms with Gasteiger partial charge in [-0.2, -0.15) is 0 Å². The molecule has 0 saturated carbocycles. The summed E-state index contributed by atoms with van der Waals surface area (Å²) in [5.74, 6) is -0.492. The first kappa shape index (κ1) is 27.3. The first-order chi connectivity index (χ1) is 19.8. The number of carbonyl (C=O) groups is 1. The zero-order chi connectivity index (χ0) is 28.7. The van der Waals surface area contributed by atoms with E-state index in [0.717, 1.165) is 27.6 Å². The Labute approximate surface area is 250 Å². The van der Waals surface area contributed by atoms with Crippen molar-refractivity contribution in [2.24, 2.45) is 4.99 Å². The molecular formula is C32H25Cl2N3O3S. The lowest BCUT2D eigenvalue weighted by Crippen LogP contribution is -2.39. The van der Waals surface area contributed by atoms with Crippen molar-refractivity contribution in [3.63, 3.8) is 0 Å². The molecule has 2 aromatic heterocycles. The van der Waals surface area contributed by atoms with Crippen molar-refractivity contribution in [2.45, 2.75) is 26.4 Å². The van der Waals surface area contributed by atoms with E-state index in [-0.39, 0.29) is 12.2 Å². The second-order valence-corrected chi connectivity index (χ2v) is 11.6. The number of carbonyl (C=O) groups excluding carboxylic acids is 1.